The average Bonchev–Trinajstić information content (AvgIpc) is 3.10. The Hall–Kier alpha value is -2.22. The van der Waals surface area contributed by atoms with Gasteiger partial charge in [-0.2, -0.15) is 12.6 Å². The number of carbonyl (C=O) groups is 2. The van der Waals surface area contributed by atoms with Crippen LogP contribution in [0.25, 0.3) is 0 Å². The van der Waals surface area contributed by atoms with Crippen LogP contribution in [-0.4, -0.2) is 40.7 Å². The van der Waals surface area contributed by atoms with Crippen LogP contribution >= 0.6 is 12.6 Å². The molecule has 1 N–H and O–H groups in total. The largest absolute Gasteiger partial charge is 0.299 e. The highest BCUT2D eigenvalue weighted by Gasteiger charge is 2.39. The lowest BCUT2D eigenvalue weighted by Gasteiger charge is -2.32. The molecule has 2 fully saturated rings. The van der Waals surface area contributed by atoms with E-state index in [4.69, 9.17) is 12.6 Å². The lowest BCUT2D eigenvalue weighted by Crippen LogP contribution is -2.51. The molecule has 2 aromatic carbocycles. The summed E-state index contributed by atoms with van der Waals surface area (Å²) in [5, 5.41) is 2.31. The predicted octanol–water partition coefficient (Wildman–Crippen LogP) is 3.75. The number of hydrogen-bond acceptors (Lipinski definition) is 5. The third-order valence-electron chi connectivity index (χ3n) is 7.10. The quantitative estimate of drug-likeness (QED) is 0.547. The molecule has 2 saturated heterocycles. The molecule has 0 aromatic heterocycles. The fourth-order valence-electron chi connectivity index (χ4n) is 5.35. The van der Waals surface area contributed by atoms with Crippen molar-refractivity contribution in [2.75, 3.05) is 13.1 Å². The SMILES string of the molecule is O=C1CCC(N2Cc3cc(CN4CCC(c5ccccc5F)CC4)ccc3C2S)C(=O)N1. The highest BCUT2D eigenvalue weighted by Crippen LogP contribution is 2.40. The second kappa shape index (κ2) is 8.96. The van der Waals surface area contributed by atoms with Crippen LogP contribution in [0.1, 0.15) is 59.2 Å². The van der Waals surface area contributed by atoms with Crippen molar-refractivity contribution in [3.05, 3.63) is 70.5 Å². The van der Waals surface area contributed by atoms with E-state index in [-0.39, 0.29) is 29.0 Å². The van der Waals surface area contributed by atoms with Crippen LogP contribution in [0, 0.1) is 5.82 Å². The molecule has 168 valence electrons. The third kappa shape index (κ3) is 4.21. The Bertz CT molecular complexity index is 1040. The van der Waals surface area contributed by atoms with Gasteiger partial charge < -0.3 is 0 Å². The van der Waals surface area contributed by atoms with Crippen molar-refractivity contribution in [1.82, 2.24) is 15.1 Å². The Labute approximate surface area is 193 Å². The van der Waals surface area contributed by atoms with Crippen LogP contribution in [0.4, 0.5) is 4.39 Å². The Morgan fingerprint density at radius 3 is 2.56 bits per heavy atom. The first-order valence-electron chi connectivity index (χ1n) is 11.4. The minimum absolute atomic E-state index is 0.0913. The summed E-state index contributed by atoms with van der Waals surface area (Å²) in [6.07, 6.45) is 2.85. The fraction of sp³-hybridized carbons (Fsp3) is 0.440. The Morgan fingerprint density at radius 2 is 1.81 bits per heavy atom. The molecule has 5 nitrogen and oxygen atoms in total. The Morgan fingerprint density at radius 1 is 1.03 bits per heavy atom. The number of benzene rings is 2. The first-order valence-corrected chi connectivity index (χ1v) is 11.9. The van der Waals surface area contributed by atoms with Crippen molar-refractivity contribution >= 4 is 24.4 Å². The van der Waals surface area contributed by atoms with Gasteiger partial charge in [-0.05, 0) is 66.6 Å². The van der Waals surface area contributed by atoms with Crippen LogP contribution < -0.4 is 5.32 Å². The van der Waals surface area contributed by atoms with E-state index in [0.29, 0.717) is 25.3 Å². The lowest BCUT2D eigenvalue weighted by atomic mass is 9.89. The maximum atomic E-state index is 14.1. The summed E-state index contributed by atoms with van der Waals surface area (Å²) in [5.74, 6) is -0.211. The van der Waals surface area contributed by atoms with Gasteiger partial charge in [0.2, 0.25) is 11.8 Å². The number of imide groups is 1. The first kappa shape index (κ1) is 21.6. The number of likely N-dealkylation sites (tertiary alicyclic amines) is 1. The van der Waals surface area contributed by atoms with Crippen molar-refractivity contribution < 1.29 is 14.0 Å². The number of thiol groups is 1. The molecule has 0 saturated carbocycles. The number of fused-ring (bicyclic) bond motifs is 1. The minimum atomic E-state index is -0.316. The van der Waals surface area contributed by atoms with E-state index in [2.05, 4.69) is 33.3 Å². The van der Waals surface area contributed by atoms with Gasteiger partial charge in [0.25, 0.3) is 0 Å². The molecule has 0 aliphatic carbocycles. The highest BCUT2D eigenvalue weighted by molar-refractivity contribution is 7.80. The van der Waals surface area contributed by atoms with E-state index in [9.17, 15) is 14.0 Å². The van der Waals surface area contributed by atoms with Gasteiger partial charge in [0.1, 0.15) is 5.82 Å². The summed E-state index contributed by atoms with van der Waals surface area (Å²) in [5.41, 5.74) is 4.44. The molecule has 3 aliphatic heterocycles. The zero-order chi connectivity index (χ0) is 22.2. The first-order chi connectivity index (χ1) is 15.5. The molecule has 32 heavy (non-hydrogen) atoms. The van der Waals surface area contributed by atoms with Crippen molar-refractivity contribution in [2.45, 2.75) is 56.1 Å². The zero-order valence-corrected chi connectivity index (χ0v) is 18.9. The fourth-order valence-corrected chi connectivity index (χ4v) is 5.85. The standard InChI is InChI=1S/C25H28FN3O2S/c26-21-4-2-1-3-19(21)17-9-11-28(12-10-17)14-16-5-6-20-18(13-16)15-29(25(20)32)22-7-8-23(30)27-24(22)31/h1-6,13,17,22,25,32H,7-12,14-15H2,(H,27,30,31). The second-order valence-corrected chi connectivity index (χ2v) is 9.61. The van der Waals surface area contributed by atoms with Gasteiger partial charge in [0.15, 0.2) is 0 Å². The van der Waals surface area contributed by atoms with Crippen molar-refractivity contribution in [3.8, 4) is 0 Å². The molecule has 3 aliphatic rings. The van der Waals surface area contributed by atoms with Crippen LogP contribution in [-0.2, 0) is 22.7 Å². The zero-order valence-electron chi connectivity index (χ0n) is 18.0. The predicted molar refractivity (Wildman–Crippen MR) is 124 cm³/mol. The smallest absolute Gasteiger partial charge is 0.243 e. The molecular weight excluding hydrogens is 425 g/mol. The number of carbonyl (C=O) groups excluding carboxylic acids is 2. The summed E-state index contributed by atoms with van der Waals surface area (Å²) in [7, 11) is 0. The van der Waals surface area contributed by atoms with Crippen LogP contribution in [0.5, 0.6) is 0 Å². The third-order valence-corrected chi connectivity index (χ3v) is 7.68. The maximum absolute atomic E-state index is 14.1. The number of nitrogens with one attached hydrogen (secondary N) is 1. The monoisotopic (exact) mass is 453 g/mol. The molecule has 5 rings (SSSR count). The summed E-state index contributed by atoms with van der Waals surface area (Å²) in [6, 6.07) is 13.3. The summed E-state index contributed by atoms with van der Waals surface area (Å²) >= 11 is 4.78. The van der Waals surface area contributed by atoms with Crippen molar-refractivity contribution in [2.24, 2.45) is 0 Å². The van der Waals surface area contributed by atoms with E-state index in [1.807, 2.05) is 12.1 Å². The summed E-state index contributed by atoms with van der Waals surface area (Å²) in [4.78, 5) is 28.3. The lowest BCUT2D eigenvalue weighted by molar-refractivity contribution is -0.137. The van der Waals surface area contributed by atoms with Crippen LogP contribution in [0.2, 0.25) is 0 Å². The number of hydrogen-bond donors (Lipinski definition) is 2. The number of rotatable bonds is 4. The van der Waals surface area contributed by atoms with Gasteiger partial charge in [-0.25, -0.2) is 4.39 Å². The molecular formula is C25H28FN3O2S. The summed E-state index contributed by atoms with van der Waals surface area (Å²) in [6.45, 7) is 3.44. The van der Waals surface area contributed by atoms with E-state index < -0.39 is 0 Å². The molecule has 0 spiro atoms. The van der Waals surface area contributed by atoms with E-state index in [0.717, 1.165) is 43.6 Å². The molecule has 3 heterocycles. The van der Waals surface area contributed by atoms with Gasteiger partial charge >= 0.3 is 0 Å². The van der Waals surface area contributed by atoms with Gasteiger partial charge in [-0.3, -0.25) is 24.7 Å². The van der Waals surface area contributed by atoms with Crippen LogP contribution in [0.15, 0.2) is 42.5 Å². The van der Waals surface area contributed by atoms with Gasteiger partial charge in [-0.1, -0.05) is 36.4 Å². The van der Waals surface area contributed by atoms with Crippen molar-refractivity contribution in [3.63, 3.8) is 0 Å². The average molecular weight is 454 g/mol. The number of amides is 2. The minimum Gasteiger partial charge on any atom is -0.299 e. The van der Waals surface area contributed by atoms with E-state index >= 15 is 0 Å². The second-order valence-electron chi connectivity index (χ2n) is 9.12. The molecule has 0 bridgehead atoms. The molecule has 2 aromatic rings. The topological polar surface area (TPSA) is 52.7 Å². The normalized spacial score (nSPS) is 25.1. The van der Waals surface area contributed by atoms with Crippen LogP contribution in [0.3, 0.4) is 0 Å². The Kier molecular flexibility index (Phi) is 6.05. The van der Waals surface area contributed by atoms with Crippen molar-refractivity contribution in [1.29, 1.82) is 0 Å². The number of piperidine rings is 2. The van der Waals surface area contributed by atoms with E-state index in [1.54, 1.807) is 12.1 Å². The Balaban J connectivity index is 1.21. The molecule has 0 radical (unpaired) electrons. The van der Waals surface area contributed by atoms with E-state index in [1.165, 1.54) is 11.1 Å². The van der Waals surface area contributed by atoms with Gasteiger partial charge in [-0.15, -0.1) is 0 Å². The molecule has 7 heteroatoms. The maximum Gasteiger partial charge on any atom is 0.243 e. The molecule has 2 atom stereocenters. The van der Waals surface area contributed by atoms with Gasteiger partial charge in [0.05, 0.1) is 11.4 Å². The number of nitrogens with zero attached hydrogens (tertiary/aromatic N) is 2. The highest BCUT2D eigenvalue weighted by atomic mass is 32.1. The molecule has 2 unspecified atom stereocenters. The summed E-state index contributed by atoms with van der Waals surface area (Å²) < 4.78 is 14.1. The molecule has 2 amide bonds. The number of halogens is 1. The van der Waals surface area contributed by atoms with Gasteiger partial charge in [0, 0.05) is 19.5 Å².